The van der Waals surface area contributed by atoms with Gasteiger partial charge >= 0.3 is 0 Å². The van der Waals surface area contributed by atoms with E-state index < -0.39 is 5.60 Å². The second-order valence-electron chi connectivity index (χ2n) is 5.37. The SMILES string of the molecule is CCC1(O)CN(CC(=O)Nc2ccccc2C(C)=O)C1. The Labute approximate surface area is 118 Å². The maximum atomic E-state index is 11.9. The Morgan fingerprint density at radius 2 is 2.00 bits per heavy atom. The van der Waals surface area contributed by atoms with E-state index in [9.17, 15) is 14.7 Å². The summed E-state index contributed by atoms with van der Waals surface area (Å²) in [7, 11) is 0. The van der Waals surface area contributed by atoms with E-state index in [0.717, 1.165) is 0 Å². The zero-order valence-electron chi connectivity index (χ0n) is 11.8. The molecule has 1 aromatic carbocycles. The zero-order chi connectivity index (χ0) is 14.8. The van der Waals surface area contributed by atoms with Crippen LogP contribution in [-0.2, 0) is 4.79 Å². The smallest absolute Gasteiger partial charge is 0.238 e. The summed E-state index contributed by atoms with van der Waals surface area (Å²) < 4.78 is 0. The maximum Gasteiger partial charge on any atom is 0.238 e. The Bertz CT molecular complexity index is 522. The van der Waals surface area contributed by atoms with Gasteiger partial charge in [-0.3, -0.25) is 14.5 Å². The molecule has 0 unspecified atom stereocenters. The van der Waals surface area contributed by atoms with Crippen LogP contribution in [0.25, 0.3) is 0 Å². The predicted octanol–water partition coefficient (Wildman–Crippen LogP) is 1.28. The van der Waals surface area contributed by atoms with Crippen molar-refractivity contribution in [1.29, 1.82) is 0 Å². The number of anilines is 1. The average molecular weight is 276 g/mol. The molecule has 108 valence electrons. The molecule has 2 rings (SSSR count). The molecule has 0 saturated carbocycles. The van der Waals surface area contributed by atoms with E-state index >= 15 is 0 Å². The Morgan fingerprint density at radius 3 is 2.60 bits per heavy atom. The minimum atomic E-state index is -0.641. The van der Waals surface area contributed by atoms with Gasteiger partial charge in [0.25, 0.3) is 0 Å². The number of hydrogen-bond acceptors (Lipinski definition) is 4. The summed E-state index contributed by atoms with van der Waals surface area (Å²) >= 11 is 0. The fraction of sp³-hybridized carbons (Fsp3) is 0.467. The molecule has 1 aliphatic heterocycles. The molecule has 1 fully saturated rings. The lowest BCUT2D eigenvalue weighted by Crippen LogP contribution is -2.62. The number of carbonyl (C=O) groups excluding carboxylic acids is 2. The molecule has 0 bridgehead atoms. The van der Waals surface area contributed by atoms with E-state index in [2.05, 4.69) is 5.32 Å². The Hall–Kier alpha value is -1.72. The third-order valence-electron chi connectivity index (χ3n) is 3.64. The van der Waals surface area contributed by atoms with Gasteiger partial charge < -0.3 is 10.4 Å². The summed E-state index contributed by atoms with van der Waals surface area (Å²) in [6.07, 6.45) is 0.693. The lowest BCUT2D eigenvalue weighted by molar-refractivity contribution is -0.128. The number of benzene rings is 1. The molecule has 0 radical (unpaired) electrons. The molecule has 0 spiro atoms. The van der Waals surface area contributed by atoms with Crippen molar-refractivity contribution in [2.75, 3.05) is 25.0 Å². The van der Waals surface area contributed by atoms with Crippen LogP contribution in [0.1, 0.15) is 30.6 Å². The quantitative estimate of drug-likeness (QED) is 0.795. The molecule has 5 nitrogen and oxygen atoms in total. The first-order valence-electron chi connectivity index (χ1n) is 6.78. The van der Waals surface area contributed by atoms with Gasteiger partial charge in [0, 0.05) is 18.7 Å². The lowest BCUT2D eigenvalue weighted by Gasteiger charge is -2.45. The molecule has 1 aliphatic rings. The van der Waals surface area contributed by atoms with Gasteiger partial charge in [0.05, 0.1) is 17.8 Å². The van der Waals surface area contributed by atoms with Crippen LogP contribution < -0.4 is 5.32 Å². The van der Waals surface area contributed by atoms with Crippen LogP contribution in [0.5, 0.6) is 0 Å². The van der Waals surface area contributed by atoms with Gasteiger partial charge in [0.2, 0.25) is 5.91 Å². The van der Waals surface area contributed by atoms with Gasteiger partial charge in [-0.2, -0.15) is 0 Å². The summed E-state index contributed by atoms with van der Waals surface area (Å²) in [5, 5.41) is 12.6. The van der Waals surface area contributed by atoms with E-state index in [1.807, 2.05) is 11.8 Å². The second-order valence-corrected chi connectivity index (χ2v) is 5.37. The van der Waals surface area contributed by atoms with Crippen molar-refractivity contribution in [2.45, 2.75) is 25.9 Å². The summed E-state index contributed by atoms with van der Waals surface area (Å²) in [4.78, 5) is 25.3. The number of hydrogen-bond donors (Lipinski definition) is 2. The molecule has 20 heavy (non-hydrogen) atoms. The number of ketones is 1. The average Bonchev–Trinajstić information content (AvgIpc) is 2.37. The highest BCUT2D eigenvalue weighted by atomic mass is 16.3. The van der Waals surface area contributed by atoms with Crippen molar-refractivity contribution in [1.82, 2.24) is 4.90 Å². The molecule has 5 heteroatoms. The minimum Gasteiger partial charge on any atom is -0.387 e. The van der Waals surface area contributed by atoms with Crippen molar-refractivity contribution < 1.29 is 14.7 Å². The zero-order valence-corrected chi connectivity index (χ0v) is 11.8. The van der Waals surface area contributed by atoms with Crippen molar-refractivity contribution in [3.8, 4) is 0 Å². The van der Waals surface area contributed by atoms with E-state index in [-0.39, 0.29) is 18.2 Å². The predicted molar refractivity (Wildman–Crippen MR) is 76.8 cm³/mol. The Balaban J connectivity index is 1.92. The normalized spacial score (nSPS) is 17.4. The van der Waals surface area contributed by atoms with Gasteiger partial charge in [0.1, 0.15) is 0 Å². The largest absolute Gasteiger partial charge is 0.387 e. The molecule has 0 aromatic heterocycles. The molecule has 1 aromatic rings. The number of para-hydroxylation sites is 1. The number of likely N-dealkylation sites (tertiary alicyclic amines) is 1. The van der Waals surface area contributed by atoms with Gasteiger partial charge in [-0.1, -0.05) is 19.1 Å². The first kappa shape index (κ1) is 14.7. The second kappa shape index (κ2) is 5.73. The van der Waals surface area contributed by atoms with Gasteiger partial charge in [-0.25, -0.2) is 0 Å². The lowest BCUT2D eigenvalue weighted by atomic mass is 9.91. The van der Waals surface area contributed by atoms with Gasteiger partial charge in [-0.15, -0.1) is 0 Å². The topological polar surface area (TPSA) is 69.6 Å². The summed E-state index contributed by atoms with van der Waals surface area (Å²) in [6, 6.07) is 6.95. The molecule has 1 amide bonds. The molecular weight excluding hydrogens is 256 g/mol. The number of nitrogens with one attached hydrogen (secondary N) is 1. The number of β-amino-alcohol motifs (C(OH)–C–C–N with tert-alkyl or cyclic N) is 1. The molecule has 0 aliphatic carbocycles. The fourth-order valence-corrected chi connectivity index (χ4v) is 2.41. The third-order valence-corrected chi connectivity index (χ3v) is 3.64. The molecule has 1 heterocycles. The van der Waals surface area contributed by atoms with E-state index in [1.165, 1.54) is 6.92 Å². The van der Waals surface area contributed by atoms with Crippen molar-refractivity contribution in [3.05, 3.63) is 29.8 Å². The van der Waals surface area contributed by atoms with Crippen LogP contribution >= 0.6 is 0 Å². The van der Waals surface area contributed by atoms with Crippen LogP contribution in [0.3, 0.4) is 0 Å². The number of nitrogens with zero attached hydrogens (tertiary/aromatic N) is 1. The van der Waals surface area contributed by atoms with Crippen LogP contribution in [0.4, 0.5) is 5.69 Å². The molecular formula is C15H20N2O3. The van der Waals surface area contributed by atoms with E-state index in [1.54, 1.807) is 24.3 Å². The minimum absolute atomic E-state index is 0.0785. The first-order chi connectivity index (χ1) is 9.43. The number of carbonyl (C=O) groups is 2. The summed E-state index contributed by atoms with van der Waals surface area (Å²) in [6.45, 7) is 4.67. The molecule has 1 saturated heterocycles. The van der Waals surface area contributed by atoms with Crippen LogP contribution in [0.2, 0.25) is 0 Å². The van der Waals surface area contributed by atoms with Gasteiger partial charge in [0.15, 0.2) is 5.78 Å². The fourth-order valence-electron chi connectivity index (χ4n) is 2.41. The number of amides is 1. The van der Waals surface area contributed by atoms with Crippen LogP contribution in [0, 0.1) is 0 Å². The Morgan fingerprint density at radius 1 is 1.35 bits per heavy atom. The highest BCUT2D eigenvalue weighted by Crippen LogP contribution is 2.23. The van der Waals surface area contributed by atoms with Crippen molar-refractivity contribution >= 4 is 17.4 Å². The number of aliphatic hydroxyl groups is 1. The maximum absolute atomic E-state index is 11.9. The number of Topliss-reactive ketones (excluding diaryl/α,β-unsaturated/α-hetero) is 1. The van der Waals surface area contributed by atoms with E-state index in [0.29, 0.717) is 30.8 Å². The molecule has 2 N–H and O–H groups in total. The Kier molecular flexibility index (Phi) is 4.20. The number of rotatable bonds is 5. The standard InChI is InChI=1S/C15H20N2O3/c1-3-15(20)9-17(10-15)8-14(19)16-13-7-5-4-6-12(13)11(2)18/h4-7,20H,3,8-10H2,1-2H3,(H,16,19). The highest BCUT2D eigenvalue weighted by Gasteiger charge is 2.39. The third kappa shape index (κ3) is 3.23. The van der Waals surface area contributed by atoms with E-state index in [4.69, 9.17) is 0 Å². The van der Waals surface area contributed by atoms with Crippen LogP contribution in [-0.4, -0.2) is 46.9 Å². The summed E-state index contributed by atoms with van der Waals surface area (Å²) in [5.41, 5.74) is 0.406. The molecule has 0 atom stereocenters. The van der Waals surface area contributed by atoms with Gasteiger partial charge in [-0.05, 0) is 25.5 Å². The van der Waals surface area contributed by atoms with Crippen LogP contribution in [0.15, 0.2) is 24.3 Å². The first-order valence-corrected chi connectivity index (χ1v) is 6.78. The monoisotopic (exact) mass is 276 g/mol. The summed E-state index contributed by atoms with van der Waals surface area (Å²) in [5.74, 6) is -0.248. The highest BCUT2D eigenvalue weighted by molar-refractivity contribution is 6.04. The van der Waals surface area contributed by atoms with Crippen molar-refractivity contribution in [3.63, 3.8) is 0 Å². The van der Waals surface area contributed by atoms with Crippen molar-refractivity contribution in [2.24, 2.45) is 0 Å².